The molecule has 28 heavy (non-hydrogen) atoms. The number of hydrogen-bond donors (Lipinski definition) is 0. The van der Waals surface area contributed by atoms with Crippen molar-refractivity contribution in [1.82, 2.24) is 15.0 Å². The van der Waals surface area contributed by atoms with Gasteiger partial charge >= 0.3 is 11.9 Å². The number of ether oxygens (including phenoxy) is 2. The summed E-state index contributed by atoms with van der Waals surface area (Å²) in [6.45, 7) is 1.77. The van der Waals surface area contributed by atoms with Crippen LogP contribution in [0, 0.1) is 12.7 Å². The molecule has 0 saturated carbocycles. The molecule has 0 saturated heterocycles. The molecule has 9 heteroatoms. The lowest BCUT2D eigenvalue weighted by Crippen LogP contribution is -2.27. The highest BCUT2D eigenvalue weighted by Crippen LogP contribution is 2.29. The lowest BCUT2D eigenvalue weighted by atomic mass is 10.1. The van der Waals surface area contributed by atoms with Crippen molar-refractivity contribution in [3.63, 3.8) is 0 Å². The van der Waals surface area contributed by atoms with Gasteiger partial charge in [-0.15, -0.1) is 5.10 Å². The van der Waals surface area contributed by atoms with Crippen molar-refractivity contribution < 1.29 is 23.5 Å². The summed E-state index contributed by atoms with van der Waals surface area (Å²) in [4.78, 5) is 25.8. The Morgan fingerprint density at radius 3 is 2.46 bits per heavy atom. The number of esters is 2. The first-order valence-electron chi connectivity index (χ1n) is 8.20. The molecule has 2 aromatic rings. The van der Waals surface area contributed by atoms with Crippen LogP contribution in [0.15, 0.2) is 60.1 Å². The normalized spacial score (nSPS) is 13.5. The van der Waals surface area contributed by atoms with Gasteiger partial charge < -0.3 is 14.4 Å². The van der Waals surface area contributed by atoms with Gasteiger partial charge in [0.1, 0.15) is 11.5 Å². The van der Waals surface area contributed by atoms with E-state index in [1.54, 1.807) is 31.3 Å². The maximum absolute atomic E-state index is 15.0. The van der Waals surface area contributed by atoms with Gasteiger partial charge in [-0.3, -0.25) is 0 Å². The Morgan fingerprint density at radius 1 is 1.11 bits per heavy atom. The summed E-state index contributed by atoms with van der Waals surface area (Å²) >= 11 is 0. The number of rotatable bonds is 4. The molecule has 0 spiro atoms. The molecule has 3 rings (SSSR count). The minimum absolute atomic E-state index is 0.0438. The highest BCUT2D eigenvalue weighted by atomic mass is 19.1. The molecule has 2 heterocycles. The molecule has 0 unspecified atom stereocenters. The van der Waals surface area contributed by atoms with Crippen LogP contribution in [0.3, 0.4) is 0 Å². The molecule has 0 amide bonds. The van der Waals surface area contributed by atoms with Crippen molar-refractivity contribution in [2.75, 3.05) is 19.1 Å². The van der Waals surface area contributed by atoms with Crippen LogP contribution in [0.5, 0.6) is 0 Å². The smallest absolute Gasteiger partial charge is 0.355 e. The van der Waals surface area contributed by atoms with Crippen molar-refractivity contribution in [3.05, 3.63) is 71.6 Å². The molecule has 1 aliphatic rings. The minimum Gasteiger partial charge on any atom is -0.465 e. The Morgan fingerprint density at radius 2 is 1.86 bits per heavy atom. The molecular formula is C19H17FN4O4. The first-order chi connectivity index (χ1) is 13.5. The van der Waals surface area contributed by atoms with Crippen LogP contribution in [0.4, 0.5) is 10.1 Å². The summed E-state index contributed by atoms with van der Waals surface area (Å²) < 4.78 is 25.9. The van der Waals surface area contributed by atoms with E-state index >= 15 is 0 Å². The van der Waals surface area contributed by atoms with Gasteiger partial charge in [-0.2, -0.15) is 0 Å². The van der Waals surface area contributed by atoms with E-state index in [9.17, 15) is 14.0 Å². The van der Waals surface area contributed by atoms with Gasteiger partial charge in [-0.05, 0) is 31.2 Å². The van der Waals surface area contributed by atoms with Gasteiger partial charge in [0.2, 0.25) is 0 Å². The molecule has 0 N–H and O–H groups in total. The van der Waals surface area contributed by atoms with Gasteiger partial charge in [0.05, 0.1) is 43.1 Å². The molecule has 8 nitrogen and oxygen atoms in total. The Labute approximate surface area is 160 Å². The third-order valence-electron chi connectivity index (χ3n) is 3.95. The molecule has 0 bridgehead atoms. The predicted octanol–water partition coefficient (Wildman–Crippen LogP) is 2.20. The second-order valence-corrected chi connectivity index (χ2v) is 5.76. The zero-order valence-corrected chi connectivity index (χ0v) is 15.4. The Kier molecular flexibility index (Phi) is 5.35. The fourth-order valence-corrected chi connectivity index (χ4v) is 2.66. The third-order valence-corrected chi connectivity index (χ3v) is 3.95. The quantitative estimate of drug-likeness (QED) is 0.747. The number of carbonyl (C=O) groups is 2. The Bertz CT molecular complexity index is 1020. The van der Waals surface area contributed by atoms with Crippen LogP contribution in [-0.4, -0.2) is 41.2 Å². The van der Waals surface area contributed by atoms with Gasteiger partial charge in [0.15, 0.2) is 0 Å². The minimum atomic E-state index is -0.813. The summed E-state index contributed by atoms with van der Waals surface area (Å²) in [5.74, 6) is -2.20. The van der Waals surface area contributed by atoms with Crippen molar-refractivity contribution >= 4 is 17.6 Å². The third kappa shape index (κ3) is 3.54. The number of anilines is 1. The number of methoxy groups -OCH3 is 2. The van der Waals surface area contributed by atoms with Gasteiger partial charge in [0, 0.05) is 12.3 Å². The van der Waals surface area contributed by atoms with Gasteiger partial charge in [-0.1, -0.05) is 11.3 Å². The predicted molar refractivity (Wildman–Crippen MR) is 97.9 cm³/mol. The monoisotopic (exact) mass is 384 g/mol. The van der Waals surface area contributed by atoms with Crippen LogP contribution >= 0.6 is 0 Å². The van der Waals surface area contributed by atoms with Crippen LogP contribution in [0.1, 0.15) is 5.69 Å². The van der Waals surface area contributed by atoms with Crippen molar-refractivity contribution in [2.24, 2.45) is 0 Å². The number of nitrogens with zero attached hydrogens (tertiary/aromatic N) is 4. The Hall–Kier alpha value is -3.75. The molecule has 0 aliphatic carbocycles. The van der Waals surface area contributed by atoms with Crippen LogP contribution in [0.2, 0.25) is 0 Å². The van der Waals surface area contributed by atoms with Gasteiger partial charge in [-0.25, -0.2) is 18.7 Å². The lowest BCUT2D eigenvalue weighted by Gasteiger charge is -2.23. The van der Waals surface area contributed by atoms with E-state index in [1.807, 2.05) is 0 Å². The zero-order valence-electron chi connectivity index (χ0n) is 15.4. The van der Waals surface area contributed by atoms with Crippen molar-refractivity contribution in [3.8, 4) is 5.69 Å². The van der Waals surface area contributed by atoms with E-state index in [-0.39, 0.29) is 17.0 Å². The highest BCUT2D eigenvalue weighted by Gasteiger charge is 2.28. The Balaban J connectivity index is 2.12. The van der Waals surface area contributed by atoms with Crippen LogP contribution < -0.4 is 4.90 Å². The number of hydrogen-bond acceptors (Lipinski definition) is 7. The molecule has 1 aromatic heterocycles. The van der Waals surface area contributed by atoms with E-state index in [0.717, 1.165) is 0 Å². The van der Waals surface area contributed by atoms with Crippen LogP contribution in [-0.2, 0) is 19.1 Å². The summed E-state index contributed by atoms with van der Waals surface area (Å²) in [5, 5.41) is 7.78. The molecule has 0 atom stereocenters. The maximum atomic E-state index is 15.0. The molecule has 1 aliphatic heterocycles. The van der Waals surface area contributed by atoms with Crippen molar-refractivity contribution in [2.45, 2.75) is 6.92 Å². The van der Waals surface area contributed by atoms with E-state index in [4.69, 9.17) is 9.47 Å². The fraction of sp³-hybridized carbons (Fsp3) is 0.158. The number of halogens is 1. The average Bonchev–Trinajstić information content (AvgIpc) is 3.01. The molecule has 0 radical (unpaired) electrons. The fourth-order valence-electron chi connectivity index (χ4n) is 2.66. The second kappa shape index (κ2) is 7.87. The molecule has 0 fully saturated rings. The first-order valence-corrected chi connectivity index (χ1v) is 8.20. The largest absolute Gasteiger partial charge is 0.465 e. The summed E-state index contributed by atoms with van der Waals surface area (Å²) in [7, 11) is 2.36. The number of carbonyl (C=O) groups excluding carboxylic acids is 2. The molecule has 1 aromatic carbocycles. The van der Waals surface area contributed by atoms with E-state index < -0.39 is 17.8 Å². The number of benzene rings is 1. The number of aromatic nitrogens is 3. The maximum Gasteiger partial charge on any atom is 0.355 e. The lowest BCUT2D eigenvalue weighted by molar-refractivity contribution is -0.139. The number of aryl methyl sites for hydroxylation is 1. The first kappa shape index (κ1) is 19.0. The standard InChI is InChI=1S/C19H17FN4O4/c1-12-11-24(22-21-12)13-7-8-16(15(20)10-13)23-9-5-4-6-14(18(25)27-2)17(23)19(26)28-3/h4-11H,1-3H3. The average molecular weight is 384 g/mol. The van der Waals surface area contributed by atoms with E-state index in [1.165, 1.54) is 48.2 Å². The van der Waals surface area contributed by atoms with Gasteiger partial charge in [0.25, 0.3) is 0 Å². The van der Waals surface area contributed by atoms with Crippen molar-refractivity contribution in [1.29, 1.82) is 0 Å². The summed E-state index contributed by atoms with van der Waals surface area (Å²) in [5.41, 5.74) is 0.958. The van der Waals surface area contributed by atoms with E-state index in [2.05, 4.69) is 10.3 Å². The topological polar surface area (TPSA) is 86.6 Å². The summed E-state index contributed by atoms with van der Waals surface area (Å²) in [6.07, 6.45) is 7.61. The highest BCUT2D eigenvalue weighted by molar-refractivity contribution is 6.05. The molecule has 144 valence electrons. The van der Waals surface area contributed by atoms with E-state index in [0.29, 0.717) is 11.4 Å². The number of allylic oxidation sites excluding steroid dienone is 2. The SMILES string of the molecule is COC(=O)C1=C(C(=O)OC)N(c2ccc(-n3cc(C)nn3)cc2F)C=CC=C1. The summed E-state index contributed by atoms with van der Waals surface area (Å²) in [6, 6.07) is 4.34. The zero-order chi connectivity index (χ0) is 20.3. The van der Waals surface area contributed by atoms with Crippen LogP contribution in [0.25, 0.3) is 5.69 Å². The molecular weight excluding hydrogens is 367 g/mol. The second-order valence-electron chi connectivity index (χ2n) is 5.76.